The van der Waals surface area contributed by atoms with Gasteiger partial charge in [0.25, 0.3) is 0 Å². The van der Waals surface area contributed by atoms with Gasteiger partial charge in [0, 0.05) is 0 Å². The zero-order valence-electron chi connectivity index (χ0n) is 12.4. The lowest BCUT2D eigenvalue weighted by atomic mass is 9.98. The molecule has 0 aliphatic carbocycles. The van der Waals surface area contributed by atoms with E-state index in [1.807, 2.05) is 6.92 Å². The molecule has 0 saturated heterocycles. The van der Waals surface area contributed by atoms with Crippen LogP contribution in [0.25, 0.3) is 0 Å². The zero-order valence-corrected chi connectivity index (χ0v) is 12.4. The summed E-state index contributed by atoms with van der Waals surface area (Å²) in [7, 11) is 0. The summed E-state index contributed by atoms with van der Waals surface area (Å²) in [5.41, 5.74) is 0. The molecule has 1 N–H and O–H groups in total. The first-order valence-electron chi connectivity index (χ1n) is 7.41. The number of esters is 1. The van der Waals surface area contributed by atoms with Crippen LogP contribution in [0.3, 0.4) is 0 Å². The monoisotopic (exact) mass is 258 g/mol. The molecule has 0 spiro atoms. The molecule has 0 aliphatic rings. The fourth-order valence-corrected chi connectivity index (χ4v) is 1.86. The van der Waals surface area contributed by atoms with Crippen molar-refractivity contribution in [2.45, 2.75) is 84.8 Å². The Bertz CT molecular complexity index is 214. The molecule has 0 aromatic heterocycles. The second-order valence-electron chi connectivity index (χ2n) is 5.19. The van der Waals surface area contributed by atoms with Gasteiger partial charge in [0.05, 0.1) is 12.0 Å². The lowest BCUT2D eigenvalue weighted by molar-refractivity contribution is -0.158. The highest BCUT2D eigenvalue weighted by Gasteiger charge is 2.21. The molecule has 108 valence electrons. The zero-order chi connectivity index (χ0) is 14.0. The van der Waals surface area contributed by atoms with E-state index in [1.165, 1.54) is 25.7 Å². The van der Waals surface area contributed by atoms with E-state index >= 15 is 0 Å². The number of aliphatic hydroxyl groups excluding tert-OH is 1. The number of carbonyl (C=O) groups excluding carboxylic acids is 1. The molecule has 3 atom stereocenters. The number of rotatable bonds is 10. The van der Waals surface area contributed by atoms with Crippen LogP contribution in [0.1, 0.15) is 72.6 Å². The van der Waals surface area contributed by atoms with Crippen LogP contribution in [-0.2, 0) is 9.53 Å². The first-order chi connectivity index (χ1) is 8.52. The van der Waals surface area contributed by atoms with Crippen molar-refractivity contribution in [3.63, 3.8) is 0 Å². The topological polar surface area (TPSA) is 46.5 Å². The second-order valence-corrected chi connectivity index (χ2v) is 5.19. The molecule has 0 fully saturated rings. The molecule has 0 aromatic carbocycles. The number of carbonyl (C=O) groups is 1. The molecule has 0 rings (SSSR count). The first kappa shape index (κ1) is 17.4. The van der Waals surface area contributed by atoms with Gasteiger partial charge in [-0.2, -0.15) is 0 Å². The third-order valence-corrected chi connectivity index (χ3v) is 3.46. The minimum Gasteiger partial charge on any atom is -0.460 e. The van der Waals surface area contributed by atoms with Crippen LogP contribution in [-0.4, -0.2) is 23.3 Å². The summed E-state index contributed by atoms with van der Waals surface area (Å²) >= 11 is 0. The van der Waals surface area contributed by atoms with Crippen LogP contribution in [0.4, 0.5) is 0 Å². The molecule has 0 aliphatic heterocycles. The van der Waals surface area contributed by atoms with Gasteiger partial charge in [-0.1, -0.05) is 46.0 Å². The Morgan fingerprint density at radius 3 is 2.22 bits per heavy atom. The minimum atomic E-state index is -0.601. The summed E-state index contributed by atoms with van der Waals surface area (Å²) in [6, 6.07) is 0. The SMILES string of the molecule is CCCCCCCC(CC)C(=O)OC(C)C(C)O. The van der Waals surface area contributed by atoms with Gasteiger partial charge in [-0.25, -0.2) is 0 Å². The maximum atomic E-state index is 11.9. The predicted molar refractivity (Wildman–Crippen MR) is 74.4 cm³/mol. The average molecular weight is 258 g/mol. The highest BCUT2D eigenvalue weighted by Crippen LogP contribution is 2.17. The van der Waals surface area contributed by atoms with Crippen LogP contribution in [0.5, 0.6) is 0 Å². The Morgan fingerprint density at radius 2 is 1.72 bits per heavy atom. The van der Waals surface area contributed by atoms with E-state index in [0.29, 0.717) is 0 Å². The first-order valence-corrected chi connectivity index (χ1v) is 7.41. The van der Waals surface area contributed by atoms with E-state index in [4.69, 9.17) is 4.74 Å². The normalized spacial score (nSPS) is 16.1. The van der Waals surface area contributed by atoms with Gasteiger partial charge in [-0.15, -0.1) is 0 Å². The number of hydrogen-bond acceptors (Lipinski definition) is 3. The molecular formula is C15H30O3. The van der Waals surface area contributed by atoms with E-state index in [0.717, 1.165) is 19.3 Å². The Hall–Kier alpha value is -0.570. The lowest BCUT2D eigenvalue weighted by Crippen LogP contribution is -2.29. The third kappa shape index (κ3) is 7.70. The Kier molecular flexibility index (Phi) is 10.0. The van der Waals surface area contributed by atoms with Gasteiger partial charge in [-0.05, 0) is 26.7 Å². The fraction of sp³-hybridized carbons (Fsp3) is 0.933. The number of ether oxygens (including phenoxy) is 1. The molecule has 0 bridgehead atoms. The molecule has 0 aromatic rings. The summed E-state index contributed by atoms with van der Waals surface area (Å²) in [6.45, 7) is 7.59. The van der Waals surface area contributed by atoms with Gasteiger partial charge in [-0.3, -0.25) is 4.79 Å². The minimum absolute atomic E-state index is 0.00664. The third-order valence-electron chi connectivity index (χ3n) is 3.46. The molecule has 3 nitrogen and oxygen atoms in total. The molecule has 0 saturated carbocycles. The van der Waals surface area contributed by atoms with Crippen LogP contribution < -0.4 is 0 Å². The van der Waals surface area contributed by atoms with E-state index in [-0.39, 0.29) is 11.9 Å². The average Bonchev–Trinajstić information content (AvgIpc) is 2.33. The standard InChI is InChI=1S/C15H30O3/c1-5-7-8-9-10-11-14(6-2)15(17)18-13(4)12(3)16/h12-14,16H,5-11H2,1-4H3. The highest BCUT2D eigenvalue weighted by atomic mass is 16.6. The smallest absolute Gasteiger partial charge is 0.309 e. The van der Waals surface area contributed by atoms with Crippen molar-refractivity contribution in [3.8, 4) is 0 Å². The van der Waals surface area contributed by atoms with Crippen molar-refractivity contribution in [2.24, 2.45) is 5.92 Å². The predicted octanol–water partition coefficient (Wildman–Crippen LogP) is 3.69. The Morgan fingerprint density at radius 1 is 1.11 bits per heavy atom. The van der Waals surface area contributed by atoms with Gasteiger partial charge in [0.1, 0.15) is 6.10 Å². The highest BCUT2D eigenvalue weighted by molar-refractivity contribution is 5.72. The van der Waals surface area contributed by atoms with Gasteiger partial charge in [0.2, 0.25) is 0 Å². The van der Waals surface area contributed by atoms with Crippen molar-refractivity contribution in [1.82, 2.24) is 0 Å². The molecule has 3 unspecified atom stereocenters. The summed E-state index contributed by atoms with van der Waals surface area (Å²) in [5.74, 6) is -0.158. The molecule has 0 heterocycles. The molecule has 0 amide bonds. The van der Waals surface area contributed by atoms with Crippen molar-refractivity contribution < 1.29 is 14.6 Å². The van der Waals surface area contributed by atoms with E-state index in [1.54, 1.807) is 13.8 Å². The lowest BCUT2D eigenvalue weighted by Gasteiger charge is -2.20. The van der Waals surface area contributed by atoms with Crippen molar-refractivity contribution in [2.75, 3.05) is 0 Å². The number of unbranched alkanes of at least 4 members (excludes halogenated alkanes) is 4. The fourth-order valence-electron chi connectivity index (χ4n) is 1.86. The maximum absolute atomic E-state index is 11.9. The molecule has 0 radical (unpaired) electrons. The summed E-state index contributed by atoms with van der Waals surface area (Å²) in [4.78, 5) is 11.9. The van der Waals surface area contributed by atoms with Crippen molar-refractivity contribution in [1.29, 1.82) is 0 Å². The summed E-state index contributed by atoms with van der Waals surface area (Å²) in [5, 5.41) is 9.32. The maximum Gasteiger partial charge on any atom is 0.309 e. The van der Waals surface area contributed by atoms with Crippen LogP contribution >= 0.6 is 0 Å². The van der Waals surface area contributed by atoms with Crippen LogP contribution in [0, 0.1) is 5.92 Å². The van der Waals surface area contributed by atoms with Gasteiger partial charge in [0.15, 0.2) is 0 Å². The van der Waals surface area contributed by atoms with Crippen molar-refractivity contribution in [3.05, 3.63) is 0 Å². The van der Waals surface area contributed by atoms with E-state index in [9.17, 15) is 9.90 Å². The quantitative estimate of drug-likeness (QED) is 0.480. The molecule has 3 heteroatoms. The molecule has 18 heavy (non-hydrogen) atoms. The number of hydrogen-bond donors (Lipinski definition) is 1. The van der Waals surface area contributed by atoms with E-state index in [2.05, 4.69) is 6.92 Å². The Labute approximate surface area is 112 Å². The van der Waals surface area contributed by atoms with Crippen LogP contribution in [0.2, 0.25) is 0 Å². The second kappa shape index (κ2) is 10.4. The summed E-state index contributed by atoms with van der Waals surface area (Å²) < 4.78 is 5.25. The van der Waals surface area contributed by atoms with Crippen LogP contribution in [0.15, 0.2) is 0 Å². The van der Waals surface area contributed by atoms with Gasteiger partial charge < -0.3 is 9.84 Å². The largest absolute Gasteiger partial charge is 0.460 e. The summed E-state index contributed by atoms with van der Waals surface area (Å²) in [6.07, 6.45) is 6.78. The van der Waals surface area contributed by atoms with Gasteiger partial charge >= 0.3 is 5.97 Å². The van der Waals surface area contributed by atoms with E-state index < -0.39 is 12.2 Å². The molecular weight excluding hydrogens is 228 g/mol. The number of aliphatic hydroxyl groups is 1. The Balaban J connectivity index is 3.89. The van der Waals surface area contributed by atoms with Crippen molar-refractivity contribution >= 4 is 5.97 Å².